The van der Waals surface area contributed by atoms with Crippen molar-refractivity contribution >= 4 is 27.5 Å². The van der Waals surface area contributed by atoms with E-state index in [0.717, 1.165) is 6.42 Å². The SMILES string of the molecule is N#Cc1ccc(NC(=O)C2CCC(CN)O2)c(Br)c1. The van der Waals surface area contributed by atoms with E-state index in [-0.39, 0.29) is 12.0 Å². The fourth-order valence-corrected chi connectivity index (χ4v) is 2.45. The number of ether oxygens (including phenoxy) is 1. The fourth-order valence-electron chi connectivity index (χ4n) is 1.97. The van der Waals surface area contributed by atoms with Crippen LogP contribution >= 0.6 is 15.9 Å². The van der Waals surface area contributed by atoms with E-state index in [1.807, 2.05) is 6.07 Å². The summed E-state index contributed by atoms with van der Waals surface area (Å²) in [4.78, 5) is 12.0. The van der Waals surface area contributed by atoms with Crippen LogP contribution in [-0.4, -0.2) is 24.7 Å². The number of hydrogen-bond acceptors (Lipinski definition) is 4. The van der Waals surface area contributed by atoms with Gasteiger partial charge in [0.05, 0.1) is 23.4 Å². The molecule has 6 heteroatoms. The zero-order valence-corrected chi connectivity index (χ0v) is 11.8. The number of benzene rings is 1. The van der Waals surface area contributed by atoms with E-state index < -0.39 is 6.10 Å². The van der Waals surface area contributed by atoms with Gasteiger partial charge < -0.3 is 15.8 Å². The van der Waals surface area contributed by atoms with Gasteiger partial charge in [0.2, 0.25) is 0 Å². The molecule has 2 rings (SSSR count). The molecule has 1 aromatic carbocycles. The number of anilines is 1. The van der Waals surface area contributed by atoms with Gasteiger partial charge in [-0.3, -0.25) is 4.79 Å². The highest BCUT2D eigenvalue weighted by molar-refractivity contribution is 9.10. The maximum atomic E-state index is 12.0. The summed E-state index contributed by atoms with van der Waals surface area (Å²) >= 11 is 3.32. The third-order valence-corrected chi connectivity index (χ3v) is 3.68. The van der Waals surface area contributed by atoms with E-state index in [1.54, 1.807) is 18.2 Å². The Morgan fingerprint density at radius 2 is 2.37 bits per heavy atom. The monoisotopic (exact) mass is 323 g/mol. The van der Waals surface area contributed by atoms with E-state index in [4.69, 9.17) is 15.7 Å². The lowest BCUT2D eigenvalue weighted by Gasteiger charge is -2.13. The van der Waals surface area contributed by atoms with Crippen LogP contribution in [-0.2, 0) is 9.53 Å². The fraction of sp³-hybridized carbons (Fsp3) is 0.385. The number of nitriles is 1. The standard InChI is InChI=1S/C13H14BrN3O2/c14-10-5-8(6-15)1-3-11(10)17-13(18)12-4-2-9(7-16)19-12/h1,3,5,9,12H,2,4,7,16H2,(H,17,18). The van der Waals surface area contributed by atoms with Gasteiger partial charge in [-0.1, -0.05) is 0 Å². The minimum atomic E-state index is -0.448. The van der Waals surface area contributed by atoms with Crippen LogP contribution in [0.15, 0.2) is 22.7 Å². The smallest absolute Gasteiger partial charge is 0.253 e. The average molecular weight is 324 g/mol. The van der Waals surface area contributed by atoms with E-state index >= 15 is 0 Å². The van der Waals surface area contributed by atoms with Crippen molar-refractivity contribution in [2.24, 2.45) is 5.73 Å². The second-order valence-corrected chi connectivity index (χ2v) is 5.21. The summed E-state index contributed by atoms with van der Waals surface area (Å²) in [6, 6.07) is 7.04. The minimum absolute atomic E-state index is 0.0276. The predicted molar refractivity (Wildman–Crippen MR) is 74.4 cm³/mol. The number of hydrogen-bond donors (Lipinski definition) is 2. The van der Waals surface area contributed by atoms with E-state index in [2.05, 4.69) is 21.2 Å². The summed E-state index contributed by atoms with van der Waals surface area (Å²) in [5, 5.41) is 11.6. The van der Waals surface area contributed by atoms with Crippen LogP contribution in [0.1, 0.15) is 18.4 Å². The Kier molecular flexibility index (Phi) is 4.53. The molecular weight excluding hydrogens is 310 g/mol. The molecule has 2 atom stereocenters. The van der Waals surface area contributed by atoms with Crippen LogP contribution in [0.3, 0.4) is 0 Å². The summed E-state index contributed by atoms with van der Waals surface area (Å²) in [7, 11) is 0. The van der Waals surface area contributed by atoms with Gasteiger partial charge in [0.15, 0.2) is 0 Å². The lowest BCUT2D eigenvalue weighted by atomic mass is 10.2. The van der Waals surface area contributed by atoms with Crippen molar-refractivity contribution in [1.29, 1.82) is 5.26 Å². The molecular formula is C13H14BrN3O2. The highest BCUT2D eigenvalue weighted by atomic mass is 79.9. The molecule has 5 nitrogen and oxygen atoms in total. The molecule has 3 N–H and O–H groups in total. The largest absolute Gasteiger partial charge is 0.364 e. The van der Waals surface area contributed by atoms with E-state index in [1.165, 1.54) is 0 Å². The molecule has 1 heterocycles. The van der Waals surface area contributed by atoms with Crippen molar-refractivity contribution in [3.8, 4) is 6.07 Å². The molecule has 100 valence electrons. The van der Waals surface area contributed by atoms with Crippen LogP contribution < -0.4 is 11.1 Å². The van der Waals surface area contributed by atoms with Crippen LogP contribution in [0.5, 0.6) is 0 Å². The van der Waals surface area contributed by atoms with Crippen molar-refractivity contribution in [2.45, 2.75) is 25.0 Å². The third kappa shape index (κ3) is 3.32. The first-order valence-corrected chi connectivity index (χ1v) is 6.79. The van der Waals surface area contributed by atoms with Crippen LogP contribution in [0.4, 0.5) is 5.69 Å². The molecule has 19 heavy (non-hydrogen) atoms. The Bertz CT molecular complexity index is 527. The molecule has 0 radical (unpaired) electrons. The molecule has 2 unspecified atom stereocenters. The summed E-state index contributed by atoms with van der Waals surface area (Å²) in [6.07, 6.45) is 1.02. The summed E-state index contributed by atoms with van der Waals surface area (Å²) in [6.45, 7) is 0.435. The highest BCUT2D eigenvalue weighted by Gasteiger charge is 2.30. The minimum Gasteiger partial charge on any atom is -0.364 e. The van der Waals surface area contributed by atoms with Gasteiger partial charge in [-0.15, -0.1) is 0 Å². The Hall–Kier alpha value is -1.42. The maximum absolute atomic E-state index is 12.0. The lowest BCUT2D eigenvalue weighted by Crippen LogP contribution is -2.29. The molecule has 1 amide bonds. The second kappa shape index (κ2) is 6.15. The van der Waals surface area contributed by atoms with Gasteiger partial charge in [-0.25, -0.2) is 0 Å². The Morgan fingerprint density at radius 1 is 1.58 bits per heavy atom. The Balaban J connectivity index is 2.02. The number of rotatable bonds is 3. The molecule has 1 aromatic rings. The molecule has 0 bridgehead atoms. The number of halogens is 1. The van der Waals surface area contributed by atoms with Gasteiger partial charge in [0.25, 0.3) is 5.91 Å². The van der Waals surface area contributed by atoms with E-state index in [0.29, 0.717) is 28.7 Å². The molecule has 1 saturated heterocycles. The lowest BCUT2D eigenvalue weighted by molar-refractivity contribution is -0.126. The number of nitrogens with two attached hydrogens (primary N) is 1. The number of carbonyl (C=O) groups excluding carboxylic acids is 1. The molecule has 0 saturated carbocycles. The number of nitrogens with one attached hydrogen (secondary N) is 1. The summed E-state index contributed by atoms with van der Waals surface area (Å²) in [5.41, 5.74) is 6.67. The molecule has 0 spiro atoms. The zero-order chi connectivity index (χ0) is 13.8. The molecule has 1 fully saturated rings. The molecule has 1 aliphatic heterocycles. The number of amides is 1. The topological polar surface area (TPSA) is 88.1 Å². The summed E-state index contributed by atoms with van der Waals surface area (Å²) < 4.78 is 6.20. The quantitative estimate of drug-likeness (QED) is 0.887. The van der Waals surface area contributed by atoms with Gasteiger partial charge >= 0.3 is 0 Å². The van der Waals surface area contributed by atoms with Gasteiger partial charge in [0, 0.05) is 11.0 Å². The predicted octanol–water partition coefficient (Wildman–Crippen LogP) is 1.77. The van der Waals surface area contributed by atoms with Gasteiger partial charge in [0.1, 0.15) is 6.10 Å². The van der Waals surface area contributed by atoms with Crippen molar-refractivity contribution < 1.29 is 9.53 Å². The highest BCUT2D eigenvalue weighted by Crippen LogP contribution is 2.25. The first kappa shape index (κ1) is 14.0. The van der Waals surface area contributed by atoms with Crippen molar-refractivity contribution in [3.05, 3.63) is 28.2 Å². The number of nitrogens with zero attached hydrogens (tertiary/aromatic N) is 1. The zero-order valence-electron chi connectivity index (χ0n) is 10.2. The first-order chi connectivity index (χ1) is 9.13. The molecule has 0 aromatic heterocycles. The third-order valence-electron chi connectivity index (χ3n) is 3.02. The van der Waals surface area contributed by atoms with Crippen molar-refractivity contribution in [1.82, 2.24) is 0 Å². The van der Waals surface area contributed by atoms with Crippen molar-refractivity contribution in [2.75, 3.05) is 11.9 Å². The molecule has 1 aliphatic rings. The van der Waals surface area contributed by atoms with Gasteiger partial charge in [-0.05, 0) is 47.0 Å². The average Bonchev–Trinajstić information content (AvgIpc) is 2.90. The van der Waals surface area contributed by atoms with Crippen LogP contribution in [0, 0.1) is 11.3 Å². The Morgan fingerprint density at radius 3 is 2.95 bits per heavy atom. The molecule has 0 aliphatic carbocycles. The number of carbonyl (C=O) groups is 1. The second-order valence-electron chi connectivity index (χ2n) is 4.36. The van der Waals surface area contributed by atoms with Crippen molar-refractivity contribution in [3.63, 3.8) is 0 Å². The normalized spacial score (nSPS) is 21.9. The van der Waals surface area contributed by atoms with Gasteiger partial charge in [-0.2, -0.15) is 5.26 Å². The Labute approximate surface area is 119 Å². The van der Waals surface area contributed by atoms with Crippen LogP contribution in [0.2, 0.25) is 0 Å². The van der Waals surface area contributed by atoms with E-state index in [9.17, 15) is 4.79 Å². The summed E-state index contributed by atoms with van der Waals surface area (Å²) in [5.74, 6) is -0.179. The van der Waals surface area contributed by atoms with Crippen LogP contribution in [0.25, 0.3) is 0 Å². The maximum Gasteiger partial charge on any atom is 0.253 e. The first-order valence-electron chi connectivity index (χ1n) is 6.00.